The number of rotatable bonds is 3. The zero-order chi connectivity index (χ0) is 16.1. The van der Waals surface area contributed by atoms with Crippen molar-refractivity contribution in [2.75, 3.05) is 22.9 Å². The molecule has 3 aromatic heterocycles. The molecule has 8 heteroatoms. The van der Waals surface area contributed by atoms with Crippen LogP contribution in [0.3, 0.4) is 0 Å². The number of anilines is 2. The number of aromatic nitrogens is 6. The average Bonchev–Trinajstić information content (AvgIpc) is 3.36. The van der Waals surface area contributed by atoms with Crippen molar-refractivity contribution < 1.29 is 0 Å². The van der Waals surface area contributed by atoms with E-state index < -0.39 is 0 Å². The van der Waals surface area contributed by atoms with E-state index in [9.17, 15) is 0 Å². The van der Waals surface area contributed by atoms with E-state index in [1.165, 1.54) is 5.56 Å². The Hall–Kier alpha value is -2.77. The molecule has 0 aliphatic carbocycles. The topological polar surface area (TPSA) is 75.3 Å². The zero-order valence-electron chi connectivity index (χ0n) is 13.4. The highest BCUT2D eigenvalue weighted by atomic mass is 15.4. The molecule has 122 valence electrons. The van der Waals surface area contributed by atoms with Crippen LogP contribution in [-0.2, 0) is 6.42 Å². The summed E-state index contributed by atoms with van der Waals surface area (Å²) in [4.78, 5) is 18.3. The summed E-state index contributed by atoms with van der Waals surface area (Å²) in [5.74, 6) is 1.76. The van der Waals surface area contributed by atoms with Crippen molar-refractivity contribution in [2.24, 2.45) is 0 Å². The van der Waals surface area contributed by atoms with Gasteiger partial charge >= 0.3 is 0 Å². The number of hydrogen-bond donors (Lipinski definition) is 0. The Morgan fingerprint density at radius 3 is 2.62 bits per heavy atom. The maximum Gasteiger partial charge on any atom is 0.225 e. The van der Waals surface area contributed by atoms with Gasteiger partial charge in [0.2, 0.25) is 11.6 Å². The fraction of sp³-hybridized carbons (Fsp3) is 0.438. The van der Waals surface area contributed by atoms with Gasteiger partial charge in [-0.1, -0.05) is 6.92 Å². The summed E-state index contributed by atoms with van der Waals surface area (Å²) < 4.78 is 1.92. The SMILES string of the molecule is CCc1cnc(N2CC3CC2CN3c2nccn3cnnc23)nc1. The summed E-state index contributed by atoms with van der Waals surface area (Å²) in [5.41, 5.74) is 1.99. The molecule has 24 heavy (non-hydrogen) atoms. The second-order valence-corrected chi connectivity index (χ2v) is 6.41. The number of piperazine rings is 1. The lowest BCUT2D eigenvalue weighted by atomic mass is 10.2. The van der Waals surface area contributed by atoms with Gasteiger partial charge in [0, 0.05) is 37.9 Å². The van der Waals surface area contributed by atoms with Crippen molar-refractivity contribution in [1.82, 2.24) is 29.5 Å². The Morgan fingerprint density at radius 1 is 1.08 bits per heavy atom. The van der Waals surface area contributed by atoms with E-state index in [0.717, 1.165) is 43.3 Å². The molecule has 2 unspecified atom stereocenters. The van der Waals surface area contributed by atoms with Crippen LogP contribution >= 0.6 is 0 Å². The number of fused-ring (bicyclic) bond motifs is 3. The van der Waals surface area contributed by atoms with E-state index in [1.807, 2.05) is 29.2 Å². The van der Waals surface area contributed by atoms with E-state index in [1.54, 1.807) is 6.33 Å². The lowest BCUT2D eigenvalue weighted by molar-refractivity contribution is 0.628. The highest BCUT2D eigenvalue weighted by Gasteiger charge is 2.45. The normalized spacial score (nSPS) is 22.7. The van der Waals surface area contributed by atoms with Gasteiger partial charge in [-0.05, 0) is 18.4 Å². The maximum absolute atomic E-state index is 4.55. The summed E-state index contributed by atoms with van der Waals surface area (Å²) in [5, 5.41) is 8.20. The molecule has 2 aliphatic rings. The van der Waals surface area contributed by atoms with Crippen molar-refractivity contribution in [3.05, 3.63) is 36.7 Å². The molecule has 5 heterocycles. The van der Waals surface area contributed by atoms with Crippen LogP contribution in [0, 0.1) is 0 Å². The minimum absolute atomic E-state index is 0.417. The van der Waals surface area contributed by atoms with Gasteiger partial charge in [0.1, 0.15) is 6.33 Å². The standard InChI is InChI=1S/C16H18N8/c1-2-11-6-18-16(19-7-11)24-9-12-5-13(24)8-23(12)14-15-21-20-10-22(15)4-3-17-14/h3-4,6-7,10,12-13H,2,5,8-9H2,1H3. The molecule has 2 saturated heterocycles. The fourth-order valence-corrected chi connectivity index (χ4v) is 3.80. The van der Waals surface area contributed by atoms with E-state index in [4.69, 9.17) is 0 Å². The van der Waals surface area contributed by atoms with Gasteiger partial charge in [-0.3, -0.25) is 4.40 Å². The molecule has 8 nitrogen and oxygen atoms in total. The Balaban J connectivity index is 1.41. The van der Waals surface area contributed by atoms with Crippen LogP contribution in [-0.4, -0.2) is 54.7 Å². The predicted octanol–water partition coefficient (Wildman–Crippen LogP) is 0.944. The molecular formula is C16H18N8. The minimum atomic E-state index is 0.417. The van der Waals surface area contributed by atoms with Gasteiger partial charge in [-0.15, -0.1) is 10.2 Å². The van der Waals surface area contributed by atoms with Crippen LogP contribution in [0.1, 0.15) is 18.9 Å². The van der Waals surface area contributed by atoms with Crippen molar-refractivity contribution in [3.63, 3.8) is 0 Å². The molecule has 0 amide bonds. The van der Waals surface area contributed by atoms with Crippen LogP contribution in [0.25, 0.3) is 5.65 Å². The number of hydrogen-bond acceptors (Lipinski definition) is 7. The Bertz CT molecular complexity index is 873. The molecule has 0 aromatic carbocycles. The molecular weight excluding hydrogens is 304 g/mol. The molecule has 0 radical (unpaired) electrons. The molecule has 2 atom stereocenters. The van der Waals surface area contributed by atoms with Gasteiger partial charge in [-0.25, -0.2) is 15.0 Å². The average molecular weight is 322 g/mol. The van der Waals surface area contributed by atoms with E-state index in [0.29, 0.717) is 12.1 Å². The Morgan fingerprint density at radius 2 is 1.88 bits per heavy atom. The van der Waals surface area contributed by atoms with Crippen molar-refractivity contribution >= 4 is 17.4 Å². The van der Waals surface area contributed by atoms with Crippen molar-refractivity contribution in [3.8, 4) is 0 Å². The van der Waals surface area contributed by atoms with E-state index >= 15 is 0 Å². The molecule has 3 aromatic rings. The molecule has 0 N–H and O–H groups in total. The third-order valence-electron chi connectivity index (χ3n) is 5.07. The maximum atomic E-state index is 4.55. The largest absolute Gasteiger partial charge is 0.347 e. The van der Waals surface area contributed by atoms with Crippen LogP contribution < -0.4 is 9.80 Å². The van der Waals surface area contributed by atoms with Crippen LogP contribution in [0.15, 0.2) is 31.1 Å². The molecule has 2 bridgehead atoms. The van der Waals surface area contributed by atoms with Gasteiger partial charge in [0.05, 0.1) is 12.1 Å². The lowest BCUT2D eigenvalue weighted by Crippen LogP contribution is -2.47. The highest BCUT2D eigenvalue weighted by Crippen LogP contribution is 2.36. The molecule has 0 saturated carbocycles. The van der Waals surface area contributed by atoms with Gasteiger partial charge in [0.25, 0.3) is 0 Å². The first kappa shape index (κ1) is 13.6. The Labute approximate surface area is 139 Å². The summed E-state index contributed by atoms with van der Waals surface area (Å²) in [6.07, 6.45) is 11.3. The van der Waals surface area contributed by atoms with Crippen LogP contribution in [0.2, 0.25) is 0 Å². The first-order chi connectivity index (χ1) is 11.8. The highest BCUT2D eigenvalue weighted by molar-refractivity contribution is 5.65. The van der Waals surface area contributed by atoms with Crippen molar-refractivity contribution in [1.29, 1.82) is 0 Å². The smallest absolute Gasteiger partial charge is 0.225 e. The van der Waals surface area contributed by atoms with E-state index in [2.05, 4.69) is 41.9 Å². The monoisotopic (exact) mass is 322 g/mol. The lowest BCUT2D eigenvalue weighted by Gasteiger charge is -2.34. The summed E-state index contributed by atoms with van der Waals surface area (Å²) in [6, 6.07) is 0.840. The second-order valence-electron chi connectivity index (χ2n) is 6.41. The van der Waals surface area contributed by atoms with Crippen molar-refractivity contribution in [2.45, 2.75) is 31.8 Å². The van der Waals surface area contributed by atoms with Gasteiger partial charge in [0.15, 0.2) is 5.82 Å². The predicted molar refractivity (Wildman–Crippen MR) is 89.1 cm³/mol. The summed E-state index contributed by atoms with van der Waals surface area (Å²) in [6.45, 7) is 3.96. The minimum Gasteiger partial charge on any atom is -0.347 e. The quantitative estimate of drug-likeness (QED) is 0.710. The van der Waals surface area contributed by atoms with Gasteiger partial charge < -0.3 is 9.80 Å². The molecule has 5 rings (SSSR count). The third kappa shape index (κ3) is 1.95. The van der Waals surface area contributed by atoms with Crippen LogP contribution in [0.5, 0.6) is 0 Å². The van der Waals surface area contributed by atoms with Crippen LogP contribution in [0.4, 0.5) is 11.8 Å². The zero-order valence-corrected chi connectivity index (χ0v) is 13.4. The Kier molecular flexibility index (Phi) is 2.91. The molecule has 2 fully saturated rings. The number of aryl methyl sites for hydroxylation is 1. The van der Waals surface area contributed by atoms with Gasteiger partial charge in [-0.2, -0.15) is 0 Å². The fourth-order valence-electron chi connectivity index (χ4n) is 3.80. The first-order valence-corrected chi connectivity index (χ1v) is 8.32. The molecule has 2 aliphatic heterocycles. The first-order valence-electron chi connectivity index (χ1n) is 8.32. The number of nitrogens with zero attached hydrogens (tertiary/aromatic N) is 8. The second kappa shape index (κ2) is 5.12. The molecule has 0 spiro atoms. The van der Waals surface area contributed by atoms with E-state index in [-0.39, 0.29) is 0 Å². The summed E-state index contributed by atoms with van der Waals surface area (Å²) >= 11 is 0. The third-order valence-corrected chi connectivity index (χ3v) is 5.07. The summed E-state index contributed by atoms with van der Waals surface area (Å²) in [7, 11) is 0.